The van der Waals surface area contributed by atoms with E-state index in [1.165, 1.54) is 26.4 Å². The van der Waals surface area contributed by atoms with Crippen molar-refractivity contribution in [1.29, 1.82) is 0 Å². The number of nitrogens with two attached hydrogens (primary N) is 1. The molecule has 0 aliphatic carbocycles. The molecule has 1 aromatic rings. The Labute approximate surface area is 93.2 Å². The normalized spacial score (nSPS) is 14.0. The molecule has 88 valence electrons. The summed E-state index contributed by atoms with van der Waals surface area (Å²) < 4.78 is 22.3. The molecule has 1 aromatic carbocycles. The molecule has 0 aromatic heterocycles. The van der Waals surface area contributed by atoms with Gasteiger partial charge >= 0.3 is 5.97 Å². The lowest BCUT2D eigenvalue weighted by Gasteiger charge is -2.23. The lowest BCUT2D eigenvalue weighted by atomic mass is 9.92. The first-order valence-corrected chi connectivity index (χ1v) is 4.66. The number of hydrogen-bond acceptors (Lipinski definition) is 4. The molecule has 1 unspecified atom stereocenters. The van der Waals surface area contributed by atoms with Crippen molar-refractivity contribution in [1.82, 2.24) is 0 Å². The number of carbonyl (C=O) groups excluding carboxylic acids is 1. The predicted octanol–water partition coefficient (Wildman–Crippen LogP) is 0.992. The van der Waals surface area contributed by atoms with Gasteiger partial charge in [0, 0.05) is 0 Å². The Morgan fingerprint density at radius 3 is 2.31 bits per heavy atom. The first-order valence-electron chi connectivity index (χ1n) is 4.66. The Kier molecular flexibility index (Phi) is 3.84. The lowest BCUT2D eigenvalue weighted by molar-refractivity contribution is -0.148. The molecule has 0 saturated heterocycles. The van der Waals surface area contributed by atoms with Gasteiger partial charge in [0.25, 0.3) is 0 Å². The minimum absolute atomic E-state index is 0.350. The molecule has 1 atom stereocenters. The third-order valence-electron chi connectivity index (χ3n) is 2.37. The van der Waals surface area contributed by atoms with E-state index >= 15 is 0 Å². The summed E-state index contributed by atoms with van der Waals surface area (Å²) in [5, 5.41) is 0. The molecule has 0 saturated carbocycles. The first kappa shape index (κ1) is 12.4. The van der Waals surface area contributed by atoms with Crippen molar-refractivity contribution in [3.05, 3.63) is 29.8 Å². The molecule has 4 nitrogen and oxygen atoms in total. The molecule has 0 spiro atoms. The van der Waals surface area contributed by atoms with E-state index in [9.17, 15) is 9.18 Å². The zero-order valence-electron chi connectivity index (χ0n) is 9.20. The summed E-state index contributed by atoms with van der Waals surface area (Å²) in [6, 6.07) is 6.29. The lowest BCUT2D eigenvalue weighted by Crippen LogP contribution is -2.47. The number of hydrogen-bond donors (Lipinski definition) is 1. The molecule has 5 heteroatoms. The Balaban J connectivity index is 3.07. The second-order valence-electron chi connectivity index (χ2n) is 3.33. The van der Waals surface area contributed by atoms with Crippen LogP contribution in [0.15, 0.2) is 24.3 Å². The van der Waals surface area contributed by atoms with Gasteiger partial charge in [0.1, 0.15) is 12.4 Å². The van der Waals surface area contributed by atoms with Crippen LogP contribution in [0.3, 0.4) is 0 Å². The third kappa shape index (κ3) is 2.14. The number of benzene rings is 1. The molecule has 0 bridgehead atoms. The van der Waals surface area contributed by atoms with Gasteiger partial charge in [-0.1, -0.05) is 12.1 Å². The van der Waals surface area contributed by atoms with Crippen LogP contribution in [0.2, 0.25) is 0 Å². The Hall–Kier alpha value is -1.62. The largest absolute Gasteiger partial charge is 0.497 e. The van der Waals surface area contributed by atoms with Gasteiger partial charge in [0.15, 0.2) is 5.54 Å². The highest BCUT2D eigenvalue weighted by atomic mass is 19.1. The monoisotopic (exact) mass is 227 g/mol. The van der Waals surface area contributed by atoms with Gasteiger partial charge in [-0.3, -0.25) is 0 Å². The summed E-state index contributed by atoms with van der Waals surface area (Å²) in [6.45, 7) is -1.02. The van der Waals surface area contributed by atoms with E-state index < -0.39 is 18.2 Å². The minimum Gasteiger partial charge on any atom is -0.497 e. The van der Waals surface area contributed by atoms with Crippen LogP contribution in [0.5, 0.6) is 5.75 Å². The van der Waals surface area contributed by atoms with Crippen molar-refractivity contribution in [2.75, 3.05) is 20.9 Å². The third-order valence-corrected chi connectivity index (χ3v) is 2.37. The predicted molar refractivity (Wildman–Crippen MR) is 56.9 cm³/mol. The molecule has 0 fully saturated rings. The zero-order valence-corrected chi connectivity index (χ0v) is 9.20. The van der Waals surface area contributed by atoms with E-state index in [0.29, 0.717) is 11.3 Å². The Bertz CT molecular complexity index is 366. The maximum atomic E-state index is 12.9. The van der Waals surface area contributed by atoms with E-state index in [1.54, 1.807) is 12.1 Å². The fourth-order valence-corrected chi connectivity index (χ4v) is 1.32. The SMILES string of the molecule is COC(=O)C(N)(CF)c1ccc(OC)cc1. The van der Waals surface area contributed by atoms with Gasteiger partial charge in [-0.2, -0.15) is 0 Å². The standard InChI is InChI=1S/C11H14FNO3/c1-15-9-5-3-8(4-6-9)11(13,7-12)10(14)16-2/h3-6H,7,13H2,1-2H3. The van der Waals surface area contributed by atoms with E-state index in [0.717, 1.165) is 0 Å². The van der Waals surface area contributed by atoms with Crippen molar-refractivity contribution in [3.8, 4) is 5.75 Å². The number of rotatable bonds is 4. The van der Waals surface area contributed by atoms with Crippen molar-refractivity contribution >= 4 is 5.97 Å². The van der Waals surface area contributed by atoms with Crippen LogP contribution in [-0.2, 0) is 15.1 Å². The molecule has 16 heavy (non-hydrogen) atoms. The summed E-state index contributed by atoms with van der Waals surface area (Å²) in [7, 11) is 2.68. The van der Waals surface area contributed by atoms with Gasteiger partial charge in [0.05, 0.1) is 14.2 Å². The van der Waals surface area contributed by atoms with E-state index in [1.807, 2.05) is 0 Å². The van der Waals surface area contributed by atoms with Crippen LogP contribution in [-0.4, -0.2) is 26.9 Å². The van der Waals surface area contributed by atoms with Gasteiger partial charge in [-0.25, -0.2) is 9.18 Å². The van der Waals surface area contributed by atoms with Crippen LogP contribution in [0.25, 0.3) is 0 Å². The van der Waals surface area contributed by atoms with Gasteiger partial charge in [-0.05, 0) is 17.7 Å². The molecule has 2 N–H and O–H groups in total. The van der Waals surface area contributed by atoms with Crippen molar-refractivity contribution in [3.63, 3.8) is 0 Å². The maximum Gasteiger partial charge on any atom is 0.333 e. The fraction of sp³-hybridized carbons (Fsp3) is 0.364. The van der Waals surface area contributed by atoms with Crippen LogP contribution in [0.1, 0.15) is 5.56 Å². The highest BCUT2D eigenvalue weighted by Crippen LogP contribution is 2.23. The summed E-state index contributed by atoms with van der Waals surface area (Å²) in [6.07, 6.45) is 0. The number of carbonyl (C=O) groups is 1. The average molecular weight is 227 g/mol. The molecule has 0 aliphatic rings. The van der Waals surface area contributed by atoms with E-state index in [4.69, 9.17) is 10.5 Å². The number of alkyl halides is 1. The van der Waals surface area contributed by atoms with Gasteiger partial charge in [0.2, 0.25) is 0 Å². The molecule has 0 aliphatic heterocycles. The first-order chi connectivity index (χ1) is 7.58. The number of methoxy groups -OCH3 is 2. The molecule has 0 amide bonds. The highest BCUT2D eigenvalue weighted by Gasteiger charge is 2.37. The van der Waals surface area contributed by atoms with Crippen molar-refractivity contribution in [2.45, 2.75) is 5.54 Å². The highest BCUT2D eigenvalue weighted by molar-refractivity contribution is 5.82. The maximum absolute atomic E-state index is 12.9. The fourth-order valence-electron chi connectivity index (χ4n) is 1.32. The molecular formula is C11H14FNO3. The van der Waals surface area contributed by atoms with E-state index in [2.05, 4.69) is 4.74 Å². The summed E-state index contributed by atoms with van der Waals surface area (Å²) in [4.78, 5) is 11.4. The quantitative estimate of drug-likeness (QED) is 0.779. The summed E-state index contributed by atoms with van der Waals surface area (Å²) >= 11 is 0. The van der Waals surface area contributed by atoms with Crippen molar-refractivity contribution in [2.24, 2.45) is 5.73 Å². The molecule has 1 rings (SSSR count). The Morgan fingerprint density at radius 1 is 1.38 bits per heavy atom. The van der Waals surface area contributed by atoms with Crippen molar-refractivity contribution < 1.29 is 18.7 Å². The number of halogens is 1. The van der Waals surface area contributed by atoms with E-state index in [-0.39, 0.29) is 0 Å². The van der Waals surface area contributed by atoms with Gasteiger partial charge < -0.3 is 15.2 Å². The average Bonchev–Trinajstić information content (AvgIpc) is 2.36. The second kappa shape index (κ2) is 4.94. The topological polar surface area (TPSA) is 61.5 Å². The van der Waals surface area contributed by atoms with Crippen LogP contribution < -0.4 is 10.5 Å². The molecular weight excluding hydrogens is 213 g/mol. The minimum atomic E-state index is -1.75. The van der Waals surface area contributed by atoms with Gasteiger partial charge in [-0.15, -0.1) is 0 Å². The smallest absolute Gasteiger partial charge is 0.333 e. The number of ether oxygens (including phenoxy) is 2. The van der Waals surface area contributed by atoms with Crippen LogP contribution in [0.4, 0.5) is 4.39 Å². The second-order valence-corrected chi connectivity index (χ2v) is 3.33. The van der Waals surface area contributed by atoms with Crippen LogP contribution >= 0.6 is 0 Å². The summed E-state index contributed by atoms with van der Waals surface area (Å²) in [5.74, 6) is -0.199. The summed E-state index contributed by atoms with van der Waals surface area (Å²) in [5.41, 5.74) is 4.27. The molecule has 0 heterocycles. The Morgan fingerprint density at radius 2 is 1.94 bits per heavy atom. The van der Waals surface area contributed by atoms with Crippen LogP contribution in [0, 0.1) is 0 Å². The molecule has 0 radical (unpaired) electrons. The zero-order chi connectivity index (χ0) is 12.2. The number of esters is 1.